The van der Waals surface area contributed by atoms with E-state index in [0.717, 1.165) is 10.8 Å². The van der Waals surface area contributed by atoms with Crippen molar-refractivity contribution in [2.75, 3.05) is 6.61 Å². The number of carbonyl (C=O) groups is 1. The van der Waals surface area contributed by atoms with Gasteiger partial charge >= 0.3 is 11.7 Å². The summed E-state index contributed by atoms with van der Waals surface area (Å²) in [5, 5.41) is 0. The maximum absolute atomic E-state index is 13.1. The van der Waals surface area contributed by atoms with Crippen molar-refractivity contribution in [1.29, 1.82) is 0 Å². The van der Waals surface area contributed by atoms with Crippen molar-refractivity contribution in [3.05, 3.63) is 44.7 Å². The first kappa shape index (κ1) is 13.1. The highest BCUT2D eigenvalue weighted by molar-refractivity contribution is 5.86. The number of hydrogen-bond acceptors (Lipinski definition) is 5. The van der Waals surface area contributed by atoms with E-state index in [1.807, 2.05) is 4.98 Å². The van der Waals surface area contributed by atoms with E-state index in [1.54, 1.807) is 6.92 Å². The fraction of sp³-hybridized carbons (Fsp3) is 0.364. The Labute approximate surface area is 106 Å². The van der Waals surface area contributed by atoms with Crippen molar-refractivity contribution in [2.45, 2.75) is 19.6 Å². The lowest BCUT2D eigenvalue weighted by atomic mass is 10.3. The third-order valence-electron chi connectivity index (χ3n) is 2.48. The summed E-state index contributed by atoms with van der Waals surface area (Å²) in [7, 11) is 0. The summed E-state index contributed by atoms with van der Waals surface area (Å²) in [6.07, 6.45) is 1.50. The van der Waals surface area contributed by atoms with Crippen LogP contribution in [-0.2, 0) is 14.3 Å². The van der Waals surface area contributed by atoms with Gasteiger partial charge in [0.25, 0.3) is 5.56 Å². The van der Waals surface area contributed by atoms with Gasteiger partial charge in [0.2, 0.25) is 11.6 Å². The molecule has 0 saturated carbocycles. The monoisotopic (exact) mass is 270 g/mol. The van der Waals surface area contributed by atoms with Crippen LogP contribution in [0.4, 0.5) is 4.39 Å². The number of aromatic nitrogens is 2. The van der Waals surface area contributed by atoms with Crippen molar-refractivity contribution in [1.82, 2.24) is 9.55 Å². The van der Waals surface area contributed by atoms with Crippen LogP contribution < -0.4 is 11.2 Å². The summed E-state index contributed by atoms with van der Waals surface area (Å²) in [6.45, 7) is 1.84. The largest absolute Gasteiger partial charge is 0.462 e. The van der Waals surface area contributed by atoms with Crippen LogP contribution in [0.2, 0.25) is 0 Å². The predicted molar refractivity (Wildman–Crippen MR) is 60.7 cm³/mol. The molecule has 0 aromatic carbocycles. The summed E-state index contributed by atoms with van der Waals surface area (Å²) in [4.78, 5) is 35.6. The molecule has 1 aromatic heterocycles. The van der Waals surface area contributed by atoms with Gasteiger partial charge < -0.3 is 9.47 Å². The van der Waals surface area contributed by atoms with Gasteiger partial charge in [-0.05, 0) is 13.0 Å². The number of H-pyrrole nitrogens is 1. The molecule has 8 heteroatoms. The predicted octanol–water partition coefficient (Wildman–Crippen LogP) is 0.0416. The van der Waals surface area contributed by atoms with Crippen LogP contribution in [0.15, 0.2) is 27.6 Å². The Balaban J connectivity index is 2.20. The fourth-order valence-electron chi connectivity index (χ4n) is 1.63. The average molecular weight is 270 g/mol. The Morgan fingerprint density at radius 2 is 2.37 bits per heavy atom. The number of rotatable bonds is 3. The van der Waals surface area contributed by atoms with Crippen molar-refractivity contribution < 1.29 is 18.7 Å². The third-order valence-corrected chi connectivity index (χ3v) is 2.48. The minimum absolute atomic E-state index is 0.0367. The standard InChI is InChI=1S/C11H11FN2O5/c1-2-18-10(16)7-3-4-8(19-7)14-5-6(12)9(15)13-11(14)17/h3,5,8H,2,4H2,1H3,(H,13,15,17). The number of halogens is 1. The molecule has 0 spiro atoms. The number of carbonyl (C=O) groups excluding carboxylic acids is 1. The molecule has 1 aliphatic heterocycles. The van der Waals surface area contributed by atoms with E-state index in [0.29, 0.717) is 0 Å². The zero-order valence-corrected chi connectivity index (χ0v) is 10.0. The average Bonchev–Trinajstić information content (AvgIpc) is 2.83. The van der Waals surface area contributed by atoms with E-state index in [2.05, 4.69) is 0 Å². The van der Waals surface area contributed by atoms with Crippen molar-refractivity contribution >= 4 is 5.97 Å². The second-order valence-electron chi connectivity index (χ2n) is 3.74. The Morgan fingerprint density at radius 1 is 1.63 bits per heavy atom. The first-order valence-electron chi connectivity index (χ1n) is 5.57. The first-order chi connectivity index (χ1) is 9.02. The van der Waals surface area contributed by atoms with Crippen LogP contribution in [0.3, 0.4) is 0 Å². The second-order valence-corrected chi connectivity index (χ2v) is 3.74. The van der Waals surface area contributed by atoms with Gasteiger partial charge in [-0.25, -0.2) is 9.59 Å². The van der Waals surface area contributed by atoms with Crippen LogP contribution in [0, 0.1) is 5.82 Å². The zero-order chi connectivity index (χ0) is 14.0. The number of aromatic amines is 1. The maximum Gasteiger partial charge on any atom is 0.373 e. The molecule has 0 fully saturated rings. The first-order valence-corrected chi connectivity index (χ1v) is 5.57. The summed E-state index contributed by atoms with van der Waals surface area (Å²) in [6, 6.07) is 0. The van der Waals surface area contributed by atoms with E-state index < -0.39 is 29.3 Å². The summed E-state index contributed by atoms with van der Waals surface area (Å²) in [5.74, 6) is -1.79. The molecule has 2 rings (SSSR count). The molecule has 1 atom stereocenters. The number of hydrogen-bond donors (Lipinski definition) is 1. The number of ether oxygens (including phenoxy) is 2. The second kappa shape index (κ2) is 5.09. The fourth-order valence-corrected chi connectivity index (χ4v) is 1.63. The lowest BCUT2D eigenvalue weighted by Crippen LogP contribution is -2.33. The van der Waals surface area contributed by atoms with E-state index >= 15 is 0 Å². The molecule has 1 aromatic rings. The molecule has 0 amide bonds. The van der Waals surface area contributed by atoms with Gasteiger partial charge in [0.15, 0.2) is 6.23 Å². The molecule has 0 radical (unpaired) electrons. The molecule has 1 N–H and O–H groups in total. The van der Waals surface area contributed by atoms with E-state index in [4.69, 9.17) is 9.47 Å². The molecule has 7 nitrogen and oxygen atoms in total. The topological polar surface area (TPSA) is 90.4 Å². The van der Waals surface area contributed by atoms with Crippen LogP contribution in [0.25, 0.3) is 0 Å². The third kappa shape index (κ3) is 2.56. The van der Waals surface area contributed by atoms with Gasteiger partial charge in [-0.1, -0.05) is 0 Å². The Morgan fingerprint density at radius 3 is 3.05 bits per heavy atom. The normalized spacial score (nSPS) is 17.8. The van der Waals surface area contributed by atoms with Gasteiger partial charge in [-0.15, -0.1) is 0 Å². The van der Waals surface area contributed by atoms with Crippen LogP contribution in [0.1, 0.15) is 19.6 Å². The van der Waals surface area contributed by atoms with E-state index in [9.17, 15) is 18.8 Å². The molecule has 1 unspecified atom stereocenters. The van der Waals surface area contributed by atoms with Crippen LogP contribution in [-0.4, -0.2) is 22.1 Å². The van der Waals surface area contributed by atoms with Gasteiger partial charge in [0, 0.05) is 6.42 Å². The summed E-state index contributed by atoms with van der Waals surface area (Å²) < 4.78 is 23.9. The maximum atomic E-state index is 13.1. The molecule has 102 valence electrons. The molecule has 0 aliphatic carbocycles. The quantitative estimate of drug-likeness (QED) is 0.783. The highest BCUT2D eigenvalue weighted by Gasteiger charge is 2.26. The Hall–Kier alpha value is -2.38. The van der Waals surface area contributed by atoms with Crippen LogP contribution >= 0.6 is 0 Å². The van der Waals surface area contributed by atoms with Gasteiger partial charge in [-0.3, -0.25) is 14.3 Å². The smallest absolute Gasteiger partial charge is 0.373 e. The van der Waals surface area contributed by atoms with Crippen molar-refractivity contribution in [3.63, 3.8) is 0 Å². The molecule has 0 saturated heterocycles. The SMILES string of the molecule is CCOC(=O)C1=CCC(n2cc(F)c(=O)[nH]c2=O)O1. The number of nitrogens with one attached hydrogen (secondary N) is 1. The van der Waals surface area contributed by atoms with Gasteiger partial charge in [0.1, 0.15) is 0 Å². The van der Waals surface area contributed by atoms with Gasteiger partial charge in [0.05, 0.1) is 12.8 Å². The molecule has 19 heavy (non-hydrogen) atoms. The lowest BCUT2D eigenvalue weighted by Gasteiger charge is -2.14. The highest BCUT2D eigenvalue weighted by Crippen LogP contribution is 2.25. The zero-order valence-electron chi connectivity index (χ0n) is 10.0. The van der Waals surface area contributed by atoms with E-state index in [1.165, 1.54) is 6.08 Å². The Bertz CT molecular complexity index is 645. The van der Waals surface area contributed by atoms with Gasteiger partial charge in [-0.2, -0.15) is 4.39 Å². The molecular weight excluding hydrogens is 259 g/mol. The number of nitrogens with zero attached hydrogens (tertiary/aromatic N) is 1. The molecular formula is C11H11FN2O5. The Kier molecular flexibility index (Phi) is 3.50. The van der Waals surface area contributed by atoms with E-state index in [-0.39, 0.29) is 18.8 Å². The minimum Gasteiger partial charge on any atom is -0.462 e. The van der Waals surface area contributed by atoms with Crippen LogP contribution in [0.5, 0.6) is 0 Å². The molecule has 0 bridgehead atoms. The molecule has 2 heterocycles. The highest BCUT2D eigenvalue weighted by atomic mass is 19.1. The van der Waals surface area contributed by atoms with Crippen molar-refractivity contribution in [3.8, 4) is 0 Å². The van der Waals surface area contributed by atoms with Crippen molar-refractivity contribution in [2.24, 2.45) is 0 Å². The minimum atomic E-state index is -1.10. The lowest BCUT2D eigenvalue weighted by molar-refractivity contribution is -0.143. The molecule has 1 aliphatic rings. The summed E-state index contributed by atoms with van der Waals surface area (Å²) >= 11 is 0. The summed E-state index contributed by atoms with van der Waals surface area (Å²) in [5.41, 5.74) is -1.91. The number of esters is 1.